The Kier molecular flexibility index (Phi) is 5.91. The quantitative estimate of drug-likeness (QED) is 0.773. The summed E-state index contributed by atoms with van der Waals surface area (Å²) in [4.78, 5) is 1.45. The monoisotopic (exact) mass is 227 g/mol. The van der Waals surface area contributed by atoms with Crippen LogP contribution in [0, 0.1) is 0 Å². The van der Waals surface area contributed by atoms with Crippen LogP contribution in [0.4, 0.5) is 0 Å². The molecule has 15 heavy (non-hydrogen) atoms. The highest BCUT2D eigenvalue weighted by molar-refractivity contribution is 7.09. The van der Waals surface area contributed by atoms with Crippen molar-refractivity contribution in [3.8, 4) is 0 Å². The molecule has 0 aliphatic carbocycles. The van der Waals surface area contributed by atoms with E-state index in [1.807, 2.05) is 11.3 Å². The van der Waals surface area contributed by atoms with Crippen LogP contribution in [0.1, 0.15) is 25.1 Å². The van der Waals surface area contributed by atoms with Crippen molar-refractivity contribution in [3.63, 3.8) is 0 Å². The Hall–Kier alpha value is -0.380. The van der Waals surface area contributed by atoms with Gasteiger partial charge in [-0.2, -0.15) is 0 Å². The predicted molar refractivity (Wildman–Crippen MR) is 66.6 cm³/mol. The van der Waals surface area contributed by atoms with E-state index in [4.69, 9.17) is 4.74 Å². The summed E-state index contributed by atoms with van der Waals surface area (Å²) in [6.45, 7) is 5.28. The fourth-order valence-electron chi connectivity index (χ4n) is 1.65. The first kappa shape index (κ1) is 12.7. The van der Waals surface area contributed by atoms with E-state index in [0.29, 0.717) is 12.1 Å². The number of hydrogen-bond acceptors (Lipinski definition) is 3. The second kappa shape index (κ2) is 6.99. The Labute approximate surface area is 96.7 Å². The van der Waals surface area contributed by atoms with Gasteiger partial charge in [-0.15, -0.1) is 11.3 Å². The molecule has 3 heteroatoms. The number of nitrogens with one attached hydrogen (secondary N) is 1. The van der Waals surface area contributed by atoms with Crippen LogP contribution in [0.3, 0.4) is 0 Å². The van der Waals surface area contributed by atoms with Gasteiger partial charge in [0.05, 0.1) is 0 Å². The normalized spacial score (nSPS) is 15.1. The lowest BCUT2D eigenvalue weighted by molar-refractivity contribution is 0.183. The molecule has 0 aliphatic heterocycles. The van der Waals surface area contributed by atoms with E-state index in [9.17, 15) is 0 Å². The van der Waals surface area contributed by atoms with E-state index in [2.05, 4.69) is 36.7 Å². The average molecular weight is 227 g/mol. The van der Waals surface area contributed by atoms with Crippen molar-refractivity contribution in [2.24, 2.45) is 0 Å². The number of rotatable bonds is 7. The van der Waals surface area contributed by atoms with Gasteiger partial charge in [-0.3, -0.25) is 0 Å². The van der Waals surface area contributed by atoms with Gasteiger partial charge in [0.25, 0.3) is 0 Å². The van der Waals surface area contributed by atoms with Crippen LogP contribution in [0.2, 0.25) is 0 Å². The first-order chi connectivity index (χ1) is 7.22. The molecule has 0 saturated heterocycles. The van der Waals surface area contributed by atoms with Crippen molar-refractivity contribution >= 4 is 11.3 Å². The van der Waals surface area contributed by atoms with Crippen molar-refractivity contribution in [3.05, 3.63) is 22.4 Å². The van der Waals surface area contributed by atoms with Crippen LogP contribution in [-0.4, -0.2) is 25.8 Å². The summed E-state index contributed by atoms with van der Waals surface area (Å²) in [6.07, 6.45) is 2.19. The smallest absolute Gasteiger partial charge is 0.0476 e. The standard InChI is InChI=1S/C12H21NOS/c1-10(6-7-14-3)13-11(2)9-12-5-4-8-15-12/h4-5,8,10-11,13H,6-7,9H2,1-3H3. The Morgan fingerprint density at radius 2 is 2.20 bits per heavy atom. The Morgan fingerprint density at radius 1 is 1.40 bits per heavy atom. The first-order valence-electron chi connectivity index (χ1n) is 5.49. The van der Waals surface area contributed by atoms with Gasteiger partial charge in [0.1, 0.15) is 0 Å². The molecule has 0 radical (unpaired) electrons. The van der Waals surface area contributed by atoms with Gasteiger partial charge in [0, 0.05) is 30.7 Å². The molecule has 86 valence electrons. The van der Waals surface area contributed by atoms with Crippen LogP contribution in [0.15, 0.2) is 17.5 Å². The molecule has 1 heterocycles. The molecule has 0 aliphatic rings. The summed E-state index contributed by atoms with van der Waals surface area (Å²) in [5.41, 5.74) is 0. The highest BCUT2D eigenvalue weighted by atomic mass is 32.1. The lowest BCUT2D eigenvalue weighted by atomic mass is 10.1. The predicted octanol–water partition coefficient (Wildman–Crippen LogP) is 2.69. The van der Waals surface area contributed by atoms with Crippen LogP contribution < -0.4 is 5.32 Å². The van der Waals surface area contributed by atoms with Gasteiger partial charge in [0.2, 0.25) is 0 Å². The van der Waals surface area contributed by atoms with Gasteiger partial charge in [-0.1, -0.05) is 6.07 Å². The van der Waals surface area contributed by atoms with E-state index in [0.717, 1.165) is 19.4 Å². The fraction of sp³-hybridized carbons (Fsp3) is 0.667. The van der Waals surface area contributed by atoms with Gasteiger partial charge in [0.15, 0.2) is 0 Å². The molecule has 2 unspecified atom stereocenters. The van der Waals surface area contributed by atoms with E-state index >= 15 is 0 Å². The second-order valence-corrected chi connectivity index (χ2v) is 5.07. The molecule has 0 spiro atoms. The third kappa shape index (κ3) is 5.30. The maximum Gasteiger partial charge on any atom is 0.0476 e. The molecule has 1 N–H and O–H groups in total. The van der Waals surface area contributed by atoms with Crippen LogP contribution in [-0.2, 0) is 11.2 Å². The SMILES string of the molecule is COCCC(C)NC(C)Cc1cccs1. The molecule has 0 fully saturated rings. The van der Waals surface area contributed by atoms with Crippen LogP contribution >= 0.6 is 11.3 Å². The lowest BCUT2D eigenvalue weighted by Gasteiger charge is -2.19. The number of methoxy groups -OCH3 is 1. The third-order valence-corrected chi connectivity index (χ3v) is 3.31. The maximum atomic E-state index is 5.06. The minimum absolute atomic E-state index is 0.528. The Balaban J connectivity index is 2.20. The molecule has 1 aromatic rings. The van der Waals surface area contributed by atoms with Crippen molar-refractivity contribution in [1.29, 1.82) is 0 Å². The molecule has 2 atom stereocenters. The number of ether oxygens (including phenoxy) is 1. The Morgan fingerprint density at radius 3 is 2.80 bits per heavy atom. The van der Waals surface area contributed by atoms with Gasteiger partial charge in [-0.25, -0.2) is 0 Å². The van der Waals surface area contributed by atoms with Crippen molar-refractivity contribution in [2.45, 2.75) is 38.8 Å². The van der Waals surface area contributed by atoms with Crippen molar-refractivity contribution < 1.29 is 4.74 Å². The van der Waals surface area contributed by atoms with E-state index < -0.39 is 0 Å². The summed E-state index contributed by atoms with van der Waals surface area (Å²) >= 11 is 1.83. The third-order valence-electron chi connectivity index (χ3n) is 2.41. The first-order valence-corrected chi connectivity index (χ1v) is 6.37. The molecule has 0 aromatic carbocycles. The molecular formula is C12H21NOS. The molecule has 1 aromatic heterocycles. The summed E-state index contributed by atoms with van der Waals surface area (Å²) in [5, 5.41) is 5.71. The molecular weight excluding hydrogens is 206 g/mol. The van der Waals surface area contributed by atoms with E-state index in [1.165, 1.54) is 4.88 Å². The average Bonchev–Trinajstić information content (AvgIpc) is 2.67. The van der Waals surface area contributed by atoms with Crippen LogP contribution in [0.5, 0.6) is 0 Å². The van der Waals surface area contributed by atoms with Gasteiger partial charge >= 0.3 is 0 Å². The molecule has 0 saturated carbocycles. The molecule has 0 amide bonds. The number of hydrogen-bond donors (Lipinski definition) is 1. The lowest BCUT2D eigenvalue weighted by Crippen LogP contribution is -2.36. The minimum Gasteiger partial charge on any atom is -0.385 e. The topological polar surface area (TPSA) is 21.3 Å². The van der Waals surface area contributed by atoms with Gasteiger partial charge < -0.3 is 10.1 Å². The zero-order valence-electron chi connectivity index (χ0n) is 9.82. The van der Waals surface area contributed by atoms with Gasteiger partial charge in [-0.05, 0) is 38.1 Å². The molecule has 1 rings (SSSR count). The van der Waals surface area contributed by atoms with E-state index in [1.54, 1.807) is 7.11 Å². The van der Waals surface area contributed by atoms with Crippen molar-refractivity contribution in [1.82, 2.24) is 5.32 Å². The maximum absolute atomic E-state index is 5.06. The highest BCUT2D eigenvalue weighted by Crippen LogP contribution is 2.11. The van der Waals surface area contributed by atoms with Crippen molar-refractivity contribution in [2.75, 3.05) is 13.7 Å². The summed E-state index contributed by atoms with van der Waals surface area (Å²) < 4.78 is 5.06. The second-order valence-electron chi connectivity index (χ2n) is 4.03. The molecule has 0 bridgehead atoms. The summed E-state index contributed by atoms with van der Waals surface area (Å²) in [7, 11) is 1.75. The zero-order chi connectivity index (χ0) is 11.1. The largest absolute Gasteiger partial charge is 0.385 e. The van der Waals surface area contributed by atoms with E-state index in [-0.39, 0.29) is 0 Å². The Bertz CT molecular complexity index is 248. The minimum atomic E-state index is 0.528. The molecule has 2 nitrogen and oxygen atoms in total. The zero-order valence-corrected chi connectivity index (χ0v) is 10.6. The highest BCUT2D eigenvalue weighted by Gasteiger charge is 2.08. The van der Waals surface area contributed by atoms with Crippen LogP contribution in [0.25, 0.3) is 0 Å². The fourth-order valence-corrected chi connectivity index (χ4v) is 2.49. The summed E-state index contributed by atoms with van der Waals surface area (Å²) in [6, 6.07) is 5.37. The number of thiophene rings is 1. The summed E-state index contributed by atoms with van der Waals surface area (Å²) in [5.74, 6) is 0.